The van der Waals surface area contributed by atoms with Crippen molar-refractivity contribution in [2.45, 2.75) is 44.8 Å². The highest BCUT2D eigenvalue weighted by Crippen LogP contribution is 2.30. The molecule has 1 saturated carbocycles. The Balaban J connectivity index is 1.56. The van der Waals surface area contributed by atoms with Crippen molar-refractivity contribution in [3.8, 4) is 5.75 Å². The van der Waals surface area contributed by atoms with Gasteiger partial charge < -0.3 is 10.1 Å². The summed E-state index contributed by atoms with van der Waals surface area (Å²) in [5.41, 5.74) is 1.92. The van der Waals surface area contributed by atoms with Gasteiger partial charge in [-0.15, -0.1) is 0 Å². The second-order valence-corrected chi connectivity index (χ2v) is 8.86. The summed E-state index contributed by atoms with van der Waals surface area (Å²) < 4.78 is 20.2. The van der Waals surface area contributed by atoms with Gasteiger partial charge in [-0.3, -0.25) is 9.69 Å². The van der Waals surface area contributed by atoms with E-state index in [4.69, 9.17) is 17.0 Å². The maximum Gasteiger partial charge on any atom is 0.276 e. The number of hydrogen-bond acceptors (Lipinski definition) is 3. The number of benzene rings is 2. The molecule has 1 aliphatic heterocycles. The zero-order valence-corrected chi connectivity index (χ0v) is 18.8. The lowest BCUT2D eigenvalue weighted by Gasteiger charge is -2.29. The Morgan fingerprint density at radius 1 is 1.20 bits per heavy atom. The van der Waals surface area contributed by atoms with Gasteiger partial charge in [0.05, 0.1) is 0 Å². The molecule has 4 rings (SSSR count). The van der Waals surface area contributed by atoms with Crippen LogP contribution in [0, 0.1) is 5.82 Å². The summed E-state index contributed by atoms with van der Waals surface area (Å²) in [6, 6.07) is 12.1. The highest BCUT2D eigenvalue weighted by molar-refractivity contribution is 9.10. The molecule has 0 aromatic heterocycles. The third kappa shape index (κ3) is 4.73. The minimum atomic E-state index is -0.300. The van der Waals surface area contributed by atoms with Gasteiger partial charge in [0.2, 0.25) is 0 Å². The number of nitrogens with zero attached hydrogens (tertiary/aromatic N) is 1. The molecule has 7 heteroatoms. The van der Waals surface area contributed by atoms with Crippen LogP contribution < -0.4 is 10.1 Å². The molecule has 1 amide bonds. The normalized spacial score (nSPS) is 18.7. The average molecular weight is 489 g/mol. The van der Waals surface area contributed by atoms with Gasteiger partial charge in [0.15, 0.2) is 5.11 Å². The number of ether oxygens (including phenoxy) is 1. The van der Waals surface area contributed by atoms with E-state index in [0.717, 1.165) is 41.3 Å². The number of halogens is 2. The van der Waals surface area contributed by atoms with Crippen LogP contribution in [-0.2, 0) is 11.4 Å². The molecule has 1 aliphatic carbocycles. The molecule has 1 saturated heterocycles. The van der Waals surface area contributed by atoms with E-state index in [0.29, 0.717) is 16.6 Å². The number of hydrogen-bond donors (Lipinski definition) is 1. The van der Waals surface area contributed by atoms with E-state index in [-0.39, 0.29) is 24.4 Å². The van der Waals surface area contributed by atoms with Crippen molar-refractivity contribution in [1.29, 1.82) is 0 Å². The molecular formula is C23H22BrFN2O2S. The standard InChI is InChI=1S/C23H22BrFN2O2S/c24-17-9-10-21(29-14-15-5-4-6-18(25)11-15)16(12-17)13-20-22(28)27(23(30)26-20)19-7-2-1-3-8-19/h4-6,9-13,19H,1-3,7-8,14H2,(H,26,30)/b20-13-. The van der Waals surface area contributed by atoms with E-state index in [1.165, 1.54) is 18.6 Å². The lowest BCUT2D eigenvalue weighted by atomic mass is 9.94. The maximum absolute atomic E-state index is 13.4. The van der Waals surface area contributed by atoms with Crippen LogP contribution in [0.2, 0.25) is 0 Å². The second kappa shape index (κ2) is 9.27. The van der Waals surface area contributed by atoms with Crippen molar-refractivity contribution in [1.82, 2.24) is 10.2 Å². The van der Waals surface area contributed by atoms with Crippen LogP contribution >= 0.6 is 28.1 Å². The van der Waals surface area contributed by atoms with Gasteiger partial charge >= 0.3 is 0 Å². The lowest BCUT2D eigenvalue weighted by Crippen LogP contribution is -2.41. The highest BCUT2D eigenvalue weighted by atomic mass is 79.9. The zero-order valence-electron chi connectivity index (χ0n) is 16.4. The summed E-state index contributed by atoms with van der Waals surface area (Å²) in [4.78, 5) is 14.8. The van der Waals surface area contributed by atoms with Crippen molar-refractivity contribution in [3.05, 3.63) is 69.6 Å². The van der Waals surface area contributed by atoms with E-state index in [2.05, 4.69) is 21.2 Å². The summed E-state index contributed by atoms with van der Waals surface area (Å²) in [6.45, 7) is 0.226. The first-order valence-electron chi connectivity index (χ1n) is 10.0. The van der Waals surface area contributed by atoms with Gasteiger partial charge in [0, 0.05) is 16.1 Å². The zero-order chi connectivity index (χ0) is 21.1. The Kier molecular flexibility index (Phi) is 6.49. The Morgan fingerprint density at radius 3 is 2.77 bits per heavy atom. The Bertz CT molecular complexity index is 1000. The van der Waals surface area contributed by atoms with Crippen LogP contribution in [-0.4, -0.2) is 22.0 Å². The highest BCUT2D eigenvalue weighted by Gasteiger charge is 2.36. The summed E-state index contributed by atoms with van der Waals surface area (Å²) in [5.74, 6) is 0.209. The van der Waals surface area contributed by atoms with Gasteiger partial charge in [-0.2, -0.15) is 0 Å². The van der Waals surface area contributed by atoms with Crippen LogP contribution in [0.4, 0.5) is 4.39 Å². The molecule has 2 aliphatic rings. The molecule has 1 heterocycles. The largest absolute Gasteiger partial charge is 0.488 e. The smallest absolute Gasteiger partial charge is 0.276 e. The van der Waals surface area contributed by atoms with Crippen LogP contribution in [0.25, 0.3) is 6.08 Å². The van der Waals surface area contributed by atoms with Gasteiger partial charge in [-0.25, -0.2) is 4.39 Å². The molecule has 30 heavy (non-hydrogen) atoms. The van der Waals surface area contributed by atoms with Crippen LogP contribution in [0.5, 0.6) is 5.75 Å². The summed E-state index contributed by atoms with van der Waals surface area (Å²) in [7, 11) is 0. The second-order valence-electron chi connectivity index (χ2n) is 7.56. The Hall–Kier alpha value is -2.25. The van der Waals surface area contributed by atoms with Crippen LogP contribution in [0.1, 0.15) is 43.2 Å². The molecule has 0 unspecified atom stereocenters. The average Bonchev–Trinajstić information content (AvgIpc) is 3.01. The van der Waals surface area contributed by atoms with Gasteiger partial charge in [-0.1, -0.05) is 47.3 Å². The molecule has 156 valence electrons. The van der Waals surface area contributed by atoms with Crippen LogP contribution in [0.15, 0.2) is 52.6 Å². The lowest BCUT2D eigenvalue weighted by molar-refractivity contribution is -0.124. The molecule has 4 nitrogen and oxygen atoms in total. The fraction of sp³-hybridized carbons (Fsp3) is 0.304. The van der Waals surface area contributed by atoms with Crippen molar-refractivity contribution in [2.75, 3.05) is 0 Å². The van der Waals surface area contributed by atoms with Crippen molar-refractivity contribution >= 4 is 45.2 Å². The molecule has 0 spiro atoms. The molecule has 2 aromatic carbocycles. The van der Waals surface area contributed by atoms with Crippen LogP contribution in [0.3, 0.4) is 0 Å². The van der Waals surface area contributed by atoms with Gasteiger partial charge in [-0.05, 0) is 67.0 Å². The number of carbonyl (C=O) groups excluding carboxylic acids is 1. The predicted octanol–water partition coefficient (Wildman–Crippen LogP) is 5.56. The van der Waals surface area contributed by atoms with E-state index in [1.807, 2.05) is 24.3 Å². The predicted molar refractivity (Wildman–Crippen MR) is 122 cm³/mol. The van der Waals surface area contributed by atoms with E-state index < -0.39 is 0 Å². The number of nitrogens with one attached hydrogen (secondary N) is 1. The minimum Gasteiger partial charge on any atom is -0.488 e. The summed E-state index contributed by atoms with van der Waals surface area (Å²) in [5, 5.41) is 3.54. The number of rotatable bonds is 5. The van der Waals surface area contributed by atoms with Crippen molar-refractivity contribution < 1.29 is 13.9 Å². The topological polar surface area (TPSA) is 41.6 Å². The first-order valence-corrected chi connectivity index (χ1v) is 11.2. The molecule has 2 aromatic rings. The monoisotopic (exact) mass is 488 g/mol. The SMILES string of the molecule is O=C1/C(=C/c2cc(Br)ccc2OCc2cccc(F)c2)NC(=S)N1C1CCCCC1. The summed E-state index contributed by atoms with van der Waals surface area (Å²) >= 11 is 8.93. The Labute approximate surface area is 189 Å². The molecule has 1 N–H and O–H groups in total. The third-order valence-electron chi connectivity index (χ3n) is 5.40. The van der Waals surface area contributed by atoms with E-state index >= 15 is 0 Å². The van der Waals surface area contributed by atoms with Gasteiger partial charge in [0.1, 0.15) is 23.9 Å². The third-order valence-corrected chi connectivity index (χ3v) is 6.20. The quantitative estimate of drug-likeness (QED) is 0.441. The maximum atomic E-state index is 13.4. The molecule has 0 atom stereocenters. The van der Waals surface area contributed by atoms with Crippen molar-refractivity contribution in [3.63, 3.8) is 0 Å². The number of thiocarbonyl (C=S) groups is 1. The Morgan fingerprint density at radius 2 is 2.00 bits per heavy atom. The fourth-order valence-electron chi connectivity index (χ4n) is 3.93. The summed E-state index contributed by atoms with van der Waals surface area (Å²) in [6.07, 6.45) is 7.20. The van der Waals surface area contributed by atoms with Crippen molar-refractivity contribution in [2.24, 2.45) is 0 Å². The molecule has 0 radical (unpaired) electrons. The van der Waals surface area contributed by atoms with E-state index in [1.54, 1.807) is 17.0 Å². The molecule has 0 bridgehead atoms. The molecular weight excluding hydrogens is 467 g/mol. The first-order chi connectivity index (χ1) is 14.5. The minimum absolute atomic E-state index is 0.0945. The van der Waals surface area contributed by atoms with Gasteiger partial charge in [0.25, 0.3) is 5.91 Å². The number of carbonyl (C=O) groups is 1. The first kappa shape index (κ1) is 21.0. The fourth-order valence-corrected chi connectivity index (χ4v) is 4.65. The number of amides is 1. The van der Waals surface area contributed by atoms with E-state index in [9.17, 15) is 9.18 Å². The molecule has 2 fully saturated rings.